The van der Waals surface area contributed by atoms with E-state index >= 15 is 0 Å². The van der Waals surface area contributed by atoms with Crippen molar-refractivity contribution >= 4 is 21.5 Å². The number of nitrogens with zero attached hydrogens (tertiary/aromatic N) is 1. The molecule has 0 unspecified atom stereocenters. The summed E-state index contributed by atoms with van der Waals surface area (Å²) in [6, 6.07) is 6.61. The lowest BCUT2D eigenvalue weighted by molar-refractivity contribution is -0.125. The molecule has 0 aliphatic carbocycles. The van der Waals surface area contributed by atoms with Gasteiger partial charge in [-0.3, -0.25) is 4.79 Å². The van der Waals surface area contributed by atoms with Gasteiger partial charge in [-0.2, -0.15) is 12.8 Å². The molecular formula is C13H15NO3S. The predicted octanol–water partition coefficient (Wildman–Crippen LogP) is 2.18. The van der Waals surface area contributed by atoms with Crippen LogP contribution in [-0.4, -0.2) is 19.9 Å². The van der Waals surface area contributed by atoms with Crippen molar-refractivity contribution < 1.29 is 13.2 Å². The third-order valence-corrected chi connectivity index (χ3v) is 4.24. The van der Waals surface area contributed by atoms with Crippen molar-refractivity contribution in [1.29, 1.82) is 0 Å². The van der Waals surface area contributed by atoms with Gasteiger partial charge in [0.2, 0.25) is 0 Å². The standard InChI is InChI=1S/C13H15NO3S/c1-13(2,3)12(15)8-10-9-6-4-5-7-11(9)18(16,17)14-10/h4-7H,8H2,1-3H3. The first-order valence-electron chi connectivity index (χ1n) is 5.68. The van der Waals surface area contributed by atoms with E-state index < -0.39 is 15.4 Å². The van der Waals surface area contributed by atoms with Gasteiger partial charge in [0.15, 0.2) is 0 Å². The van der Waals surface area contributed by atoms with E-state index in [0.717, 1.165) is 0 Å². The summed E-state index contributed by atoms with van der Waals surface area (Å²) in [5.41, 5.74) is 0.407. The van der Waals surface area contributed by atoms with Crippen LogP contribution in [0.2, 0.25) is 0 Å². The molecule has 1 aromatic rings. The van der Waals surface area contributed by atoms with Crippen LogP contribution in [-0.2, 0) is 14.8 Å². The van der Waals surface area contributed by atoms with Gasteiger partial charge in [0.1, 0.15) is 5.78 Å². The number of fused-ring (bicyclic) bond motifs is 1. The van der Waals surface area contributed by atoms with E-state index in [1.54, 1.807) is 18.2 Å². The molecule has 18 heavy (non-hydrogen) atoms. The van der Waals surface area contributed by atoms with Gasteiger partial charge in [-0.1, -0.05) is 39.0 Å². The fourth-order valence-corrected chi connectivity index (χ4v) is 2.98. The van der Waals surface area contributed by atoms with Gasteiger partial charge in [0, 0.05) is 11.0 Å². The number of Topliss-reactive ketones (excluding diaryl/α,β-unsaturated/α-hetero) is 1. The van der Waals surface area contributed by atoms with E-state index in [4.69, 9.17) is 0 Å². The largest absolute Gasteiger partial charge is 0.299 e. The van der Waals surface area contributed by atoms with Crippen LogP contribution in [0.3, 0.4) is 0 Å². The second kappa shape index (κ2) is 4.02. The minimum atomic E-state index is -3.61. The summed E-state index contributed by atoms with van der Waals surface area (Å²) in [7, 11) is -3.61. The number of hydrogen-bond acceptors (Lipinski definition) is 3. The second-order valence-corrected chi connectivity index (χ2v) is 6.93. The summed E-state index contributed by atoms with van der Waals surface area (Å²) in [6.45, 7) is 5.43. The number of benzene rings is 1. The van der Waals surface area contributed by atoms with Crippen LogP contribution in [0.4, 0.5) is 0 Å². The number of carbonyl (C=O) groups is 1. The first-order chi connectivity index (χ1) is 8.22. The van der Waals surface area contributed by atoms with Gasteiger partial charge < -0.3 is 0 Å². The summed E-state index contributed by atoms with van der Waals surface area (Å²) < 4.78 is 27.3. The quantitative estimate of drug-likeness (QED) is 0.823. The smallest absolute Gasteiger partial charge is 0.283 e. The van der Waals surface area contributed by atoms with Crippen molar-refractivity contribution in [2.24, 2.45) is 9.81 Å². The molecular weight excluding hydrogens is 250 g/mol. The van der Waals surface area contributed by atoms with Crippen molar-refractivity contribution in [3.8, 4) is 0 Å². The van der Waals surface area contributed by atoms with Crippen LogP contribution in [0.1, 0.15) is 32.8 Å². The van der Waals surface area contributed by atoms with Crippen LogP contribution in [0.5, 0.6) is 0 Å². The predicted molar refractivity (Wildman–Crippen MR) is 69.2 cm³/mol. The van der Waals surface area contributed by atoms with Gasteiger partial charge in [-0.05, 0) is 6.07 Å². The topological polar surface area (TPSA) is 63.6 Å². The van der Waals surface area contributed by atoms with E-state index in [0.29, 0.717) is 11.3 Å². The summed E-state index contributed by atoms with van der Waals surface area (Å²) in [4.78, 5) is 12.2. The van der Waals surface area contributed by atoms with E-state index in [1.165, 1.54) is 6.07 Å². The van der Waals surface area contributed by atoms with Crippen molar-refractivity contribution in [3.63, 3.8) is 0 Å². The summed E-state index contributed by atoms with van der Waals surface area (Å²) >= 11 is 0. The third-order valence-electron chi connectivity index (χ3n) is 2.87. The van der Waals surface area contributed by atoms with Gasteiger partial charge >= 0.3 is 0 Å². The Hall–Kier alpha value is -1.49. The molecule has 2 rings (SSSR count). The van der Waals surface area contributed by atoms with Crippen LogP contribution in [0.15, 0.2) is 33.6 Å². The highest BCUT2D eigenvalue weighted by Crippen LogP contribution is 2.29. The maximum atomic E-state index is 12.0. The van der Waals surface area contributed by atoms with Crippen LogP contribution in [0.25, 0.3) is 0 Å². The van der Waals surface area contributed by atoms with Crippen molar-refractivity contribution in [2.75, 3.05) is 0 Å². The van der Waals surface area contributed by atoms with E-state index in [1.807, 2.05) is 20.8 Å². The lowest BCUT2D eigenvalue weighted by atomic mass is 9.87. The lowest BCUT2D eigenvalue weighted by Crippen LogP contribution is -2.23. The average Bonchev–Trinajstić information content (AvgIpc) is 2.50. The molecule has 1 aromatic carbocycles. The maximum absolute atomic E-state index is 12.0. The molecule has 0 aromatic heterocycles. The van der Waals surface area contributed by atoms with E-state index in [2.05, 4.69) is 4.40 Å². The molecule has 0 atom stereocenters. The molecule has 4 nitrogen and oxygen atoms in total. The van der Waals surface area contributed by atoms with E-state index in [-0.39, 0.29) is 17.1 Å². The molecule has 0 radical (unpaired) electrons. The Kier molecular flexibility index (Phi) is 2.89. The molecule has 96 valence electrons. The van der Waals surface area contributed by atoms with Gasteiger partial charge in [0.05, 0.1) is 17.0 Å². The van der Waals surface area contributed by atoms with Crippen LogP contribution in [0, 0.1) is 5.41 Å². The number of carbonyl (C=O) groups excluding carboxylic acids is 1. The molecule has 1 heterocycles. The van der Waals surface area contributed by atoms with Gasteiger partial charge in [-0.25, -0.2) is 0 Å². The molecule has 0 spiro atoms. The van der Waals surface area contributed by atoms with Crippen LogP contribution >= 0.6 is 0 Å². The molecule has 5 heteroatoms. The Morgan fingerprint density at radius 2 is 1.83 bits per heavy atom. The number of sulfonamides is 1. The number of hydrogen-bond donors (Lipinski definition) is 0. The Balaban J connectivity index is 2.41. The Morgan fingerprint density at radius 1 is 1.22 bits per heavy atom. The Labute approximate surface area is 107 Å². The average molecular weight is 265 g/mol. The van der Waals surface area contributed by atoms with E-state index in [9.17, 15) is 13.2 Å². The summed E-state index contributed by atoms with van der Waals surface area (Å²) in [5.74, 6) is -0.0202. The monoisotopic (exact) mass is 265 g/mol. The zero-order valence-corrected chi connectivity index (χ0v) is 11.4. The maximum Gasteiger partial charge on any atom is 0.283 e. The van der Waals surface area contributed by atoms with Crippen molar-refractivity contribution in [3.05, 3.63) is 29.8 Å². The molecule has 1 aliphatic rings. The summed E-state index contributed by atoms with van der Waals surface area (Å²) in [6.07, 6.45) is 0.0553. The highest BCUT2D eigenvalue weighted by atomic mass is 32.2. The number of rotatable bonds is 2. The van der Waals surface area contributed by atoms with Crippen molar-refractivity contribution in [2.45, 2.75) is 32.1 Å². The Bertz CT molecular complexity index is 636. The highest BCUT2D eigenvalue weighted by molar-refractivity contribution is 7.90. The fraction of sp³-hybridized carbons (Fsp3) is 0.385. The molecule has 0 N–H and O–H groups in total. The fourth-order valence-electron chi connectivity index (χ4n) is 1.72. The zero-order valence-electron chi connectivity index (χ0n) is 10.6. The zero-order chi connectivity index (χ0) is 13.6. The van der Waals surface area contributed by atoms with Crippen molar-refractivity contribution in [1.82, 2.24) is 0 Å². The Morgan fingerprint density at radius 3 is 2.44 bits per heavy atom. The molecule has 0 saturated carbocycles. The van der Waals surface area contributed by atoms with Crippen LogP contribution < -0.4 is 0 Å². The third kappa shape index (κ3) is 2.22. The number of ketones is 1. The molecule has 0 bridgehead atoms. The molecule has 0 amide bonds. The first-order valence-corrected chi connectivity index (χ1v) is 7.12. The molecule has 1 aliphatic heterocycles. The first kappa shape index (κ1) is 13.0. The van der Waals surface area contributed by atoms with Gasteiger partial charge in [-0.15, -0.1) is 0 Å². The highest BCUT2D eigenvalue weighted by Gasteiger charge is 2.31. The lowest BCUT2D eigenvalue weighted by Gasteiger charge is -2.16. The SMILES string of the molecule is CC(C)(C)C(=O)CC1=NS(=O)(=O)c2ccccc21. The minimum Gasteiger partial charge on any atom is -0.299 e. The molecule has 0 saturated heterocycles. The minimum absolute atomic E-state index is 0.0202. The van der Waals surface area contributed by atoms with Gasteiger partial charge in [0.25, 0.3) is 10.0 Å². The second-order valence-electron chi connectivity index (χ2n) is 5.36. The normalized spacial score (nSPS) is 17.2. The molecule has 0 fully saturated rings. The summed E-state index contributed by atoms with van der Waals surface area (Å²) in [5, 5.41) is 0.